The quantitative estimate of drug-likeness (QED) is 0.228. The first-order valence-electron chi connectivity index (χ1n) is 12.1. The molecule has 0 saturated heterocycles. The molecule has 5 aromatic rings. The highest BCUT2D eigenvalue weighted by atomic mass is 32.2. The van der Waals surface area contributed by atoms with Gasteiger partial charge in [0.2, 0.25) is 0 Å². The highest BCUT2D eigenvalue weighted by molar-refractivity contribution is 7.92. The van der Waals surface area contributed by atoms with E-state index in [1.54, 1.807) is 42.5 Å². The Morgan fingerprint density at radius 2 is 1.74 bits per heavy atom. The minimum Gasteiger partial charge on any atom is -0.495 e. The number of anilines is 2. The topological polar surface area (TPSA) is 104 Å². The summed E-state index contributed by atoms with van der Waals surface area (Å²) in [6.07, 6.45) is 1.50. The first-order chi connectivity index (χ1) is 18.9. The van der Waals surface area contributed by atoms with Crippen molar-refractivity contribution in [1.82, 2.24) is 9.97 Å². The number of amides is 1. The van der Waals surface area contributed by atoms with E-state index in [4.69, 9.17) is 4.74 Å². The molecule has 0 saturated carbocycles. The molecule has 0 aliphatic carbocycles. The summed E-state index contributed by atoms with van der Waals surface area (Å²) < 4.78 is 34.0. The number of imidazole rings is 1. The summed E-state index contributed by atoms with van der Waals surface area (Å²) in [5, 5.41) is 2.91. The number of hydrogen-bond acceptors (Lipinski definition) is 5. The average molecular weight is 539 g/mol. The van der Waals surface area contributed by atoms with Crippen LogP contribution in [0.1, 0.15) is 10.4 Å². The van der Waals surface area contributed by atoms with Crippen molar-refractivity contribution in [1.29, 1.82) is 0 Å². The first kappa shape index (κ1) is 25.7. The van der Waals surface area contributed by atoms with E-state index in [1.807, 2.05) is 42.5 Å². The van der Waals surface area contributed by atoms with E-state index < -0.39 is 15.9 Å². The summed E-state index contributed by atoms with van der Waals surface area (Å²) in [6, 6.07) is 27.7. The maximum Gasteiger partial charge on any atom is 0.264 e. The number of ether oxygens (including phenoxy) is 1. The summed E-state index contributed by atoms with van der Waals surface area (Å²) in [5.41, 5.74) is 3.50. The molecule has 1 aromatic heterocycles. The normalized spacial score (nSPS) is 11.2. The molecule has 0 unspecified atom stereocenters. The minimum absolute atomic E-state index is 0.0179. The van der Waals surface area contributed by atoms with Crippen molar-refractivity contribution in [2.24, 2.45) is 0 Å². The van der Waals surface area contributed by atoms with Crippen LogP contribution in [0.5, 0.6) is 5.75 Å². The second kappa shape index (κ2) is 10.8. The molecule has 8 nitrogen and oxygen atoms in total. The molecule has 4 aromatic carbocycles. The third kappa shape index (κ3) is 5.12. The highest BCUT2D eigenvalue weighted by Gasteiger charge is 2.27. The maximum absolute atomic E-state index is 13.7. The van der Waals surface area contributed by atoms with Gasteiger partial charge in [-0.05, 0) is 54.6 Å². The molecule has 0 bridgehead atoms. The fourth-order valence-electron chi connectivity index (χ4n) is 4.28. The SMILES string of the molecule is C=CCN(c1ccccc1OC)S(=O)(=O)c1cccc(C(=O)Nc2ccccc2-c2nc3ccccc3[nH]2)c1. The number of hydrogen-bond donors (Lipinski definition) is 2. The Labute approximate surface area is 226 Å². The van der Waals surface area contributed by atoms with Crippen molar-refractivity contribution in [3.8, 4) is 17.1 Å². The van der Waals surface area contributed by atoms with Gasteiger partial charge in [0.25, 0.3) is 15.9 Å². The molecule has 1 amide bonds. The van der Waals surface area contributed by atoms with Crippen LogP contribution in [0.4, 0.5) is 11.4 Å². The Bertz CT molecular complexity index is 1750. The van der Waals surface area contributed by atoms with Crippen molar-refractivity contribution in [3.63, 3.8) is 0 Å². The number of benzene rings is 4. The predicted octanol–water partition coefficient (Wildman–Crippen LogP) is 5.87. The number of para-hydroxylation sites is 5. The molecule has 1 heterocycles. The van der Waals surface area contributed by atoms with Gasteiger partial charge in [-0.15, -0.1) is 6.58 Å². The van der Waals surface area contributed by atoms with Crippen LogP contribution in [0.25, 0.3) is 22.4 Å². The Morgan fingerprint density at radius 3 is 2.54 bits per heavy atom. The largest absolute Gasteiger partial charge is 0.495 e. The van der Waals surface area contributed by atoms with E-state index in [9.17, 15) is 13.2 Å². The van der Waals surface area contributed by atoms with Crippen LogP contribution in [-0.4, -0.2) is 37.9 Å². The van der Waals surface area contributed by atoms with E-state index in [1.165, 1.54) is 29.6 Å². The van der Waals surface area contributed by atoms with E-state index in [0.717, 1.165) is 11.0 Å². The van der Waals surface area contributed by atoms with Crippen LogP contribution < -0.4 is 14.4 Å². The van der Waals surface area contributed by atoms with E-state index >= 15 is 0 Å². The summed E-state index contributed by atoms with van der Waals surface area (Å²) in [6.45, 7) is 3.73. The fraction of sp³-hybridized carbons (Fsp3) is 0.0667. The van der Waals surface area contributed by atoms with Crippen LogP contribution in [0.3, 0.4) is 0 Å². The van der Waals surface area contributed by atoms with Gasteiger partial charge >= 0.3 is 0 Å². The van der Waals surface area contributed by atoms with Gasteiger partial charge in [-0.25, -0.2) is 13.4 Å². The molecule has 0 atom stereocenters. The van der Waals surface area contributed by atoms with E-state index in [0.29, 0.717) is 28.5 Å². The van der Waals surface area contributed by atoms with Crippen molar-refractivity contribution < 1.29 is 17.9 Å². The second-order valence-corrected chi connectivity index (χ2v) is 10.5. The highest BCUT2D eigenvalue weighted by Crippen LogP contribution is 2.33. The van der Waals surface area contributed by atoms with Crippen LogP contribution in [-0.2, 0) is 10.0 Å². The molecular weight excluding hydrogens is 512 g/mol. The monoisotopic (exact) mass is 538 g/mol. The van der Waals surface area contributed by atoms with Gasteiger partial charge in [-0.2, -0.15) is 0 Å². The van der Waals surface area contributed by atoms with Crippen molar-refractivity contribution in [2.75, 3.05) is 23.3 Å². The molecule has 2 N–H and O–H groups in total. The fourth-order valence-corrected chi connectivity index (χ4v) is 5.77. The molecule has 9 heteroatoms. The van der Waals surface area contributed by atoms with Gasteiger partial charge in [0.15, 0.2) is 0 Å². The van der Waals surface area contributed by atoms with Crippen molar-refractivity contribution in [2.45, 2.75) is 4.90 Å². The van der Waals surface area contributed by atoms with Gasteiger partial charge in [-0.3, -0.25) is 9.10 Å². The van der Waals surface area contributed by atoms with Crippen molar-refractivity contribution >= 4 is 38.3 Å². The second-order valence-electron chi connectivity index (χ2n) is 8.63. The lowest BCUT2D eigenvalue weighted by atomic mass is 10.1. The van der Waals surface area contributed by atoms with Gasteiger partial charge in [0, 0.05) is 11.1 Å². The Kier molecular flexibility index (Phi) is 7.16. The molecule has 0 spiro atoms. The number of aromatic nitrogens is 2. The number of methoxy groups -OCH3 is 1. The Hall–Kier alpha value is -4.89. The lowest BCUT2D eigenvalue weighted by molar-refractivity contribution is 0.102. The average Bonchev–Trinajstić information content (AvgIpc) is 3.40. The van der Waals surface area contributed by atoms with Gasteiger partial charge in [-0.1, -0.05) is 48.5 Å². The Morgan fingerprint density at radius 1 is 1.00 bits per heavy atom. The van der Waals surface area contributed by atoms with Gasteiger partial charge in [0.1, 0.15) is 11.6 Å². The molecule has 0 aliphatic heterocycles. The number of nitrogens with zero attached hydrogens (tertiary/aromatic N) is 2. The molecule has 0 radical (unpaired) electrons. The standard InChI is InChI=1S/C30H26N4O4S/c1-3-19-34(27-17-8-9-18-28(27)38-2)39(36,37)22-12-10-11-21(20-22)30(35)33-24-14-5-4-13-23(24)29-31-25-15-6-7-16-26(25)32-29/h3-18,20H,1,19H2,2H3,(H,31,32)(H,33,35). The number of rotatable bonds is 9. The summed E-state index contributed by atoms with van der Waals surface area (Å²) >= 11 is 0. The zero-order valence-electron chi connectivity index (χ0n) is 21.2. The first-order valence-corrected chi connectivity index (χ1v) is 13.6. The number of nitrogens with one attached hydrogen (secondary N) is 2. The molecular formula is C30H26N4O4S. The zero-order valence-corrected chi connectivity index (χ0v) is 22.0. The number of H-pyrrole nitrogens is 1. The molecule has 5 rings (SSSR count). The number of aromatic amines is 1. The van der Waals surface area contributed by atoms with Crippen LogP contribution >= 0.6 is 0 Å². The predicted molar refractivity (Wildman–Crippen MR) is 154 cm³/mol. The third-order valence-electron chi connectivity index (χ3n) is 6.15. The molecule has 196 valence electrons. The third-order valence-corrected chi connectivity index (χ3v) is 7.93. The lowest BCUT2D eigenvalue weighted by Crippen LogP contribution is -2.31. The Balaban J connectivity index is 1.46. The van der Waals surface area contributed by atoms with E-state index in [2.05, 4.69) is 21.9 Å². The summed E-state index contributed by atoms with van der Waals surface area (Å²) in [4.78, 5) is 21.2. The molecule has 0 fully saturated rings. The van der Waals surface area contributed by atoms with Crippen LogP contribution in [0.15, 0.2) is 115 Å². The smallest absolute Gasteiger partial charge is 0.264 e. The lowest BCUT2D eigenvalue weighted by Gasteiger charge is -2.25. The number of carbonyl (C=O) groups is 1. The minimum atomic E-state index is -4.06. The molecule has 39 heavy (non-hydrogen) atoms. The van der Waals surface area contributed by atoms with E-state index in [-0.39, 0.29) is 17.0 Å². The van der Waals surface area contributed by atoms with Crippen LogP contribution in [0, 0.1) is 0 Å². The van der Waals surface area contributed by atoms with Gasteiger partial charge < -0.3 is 15.0 Å². The number of fused-ring (bicyclic) bond motifs is 1. The summed E-state index contributed by atoms with van der Waals surface area (Å²) in [7, 11) is -2.58. The maximum atomic E-state index is 13.7. The number of sulfonamides is 1. The summed E-state index contributed by atoms with van der Waals surface area (Å²) in [5.74, 6) is 0.558. The van der Waals surface area contributed by atoms with Crippen molar-refractivity contribution in [3.05, 3.63) is 115 Å². The zero-order chi connectivity index (χ0) is 27.4. The van der Waals surface area contributed by atoms with Crippen LogP contribution in [0.2, 0.25) is 0 Å². The number of carbonyl (C=O) groups excluding carboxylic acids is 1. The molecule has 0 aliphatic rings. The van der Waals surface area contributed by atoms with Gasteiger partial charge in [0.05, 0.1) is 41.0 Å².